The minimum absolute atomic E-state index is 0.302. The first-order valence-electron chi connectivity index (χ1n) is 28.8. The fourth-order valence-corrected chi connectivity index (χ4v) is 10.3. The Balaban J connectivity index is 0.000000160. The van der Waals surface area contributed by atoms with Crippen LogP contribution in [0.4, 0.5) is 0 Å². The van der Waals surface area contributed by atoms with E-state index in [9.17, 15) is 30.6 Å². The summed E-state index contributed by atoms with van der Waals surface area (Å²) in [5.41, 5.74) is 1.96. The normalized spacial score (nSPS) is 19.1. The first-order chi connectivity index (χ1) is 39.6. The van der Waals surface area contributed by atoms with Crippen LogP contribution in [-0.4, -0.2) is 178 Å². The second-order valence-electron chi connectivity index (χ2n) is 22.4. The molecular formula is C60H88N14O8S. The van der Waals surface area contributed by atoms with Gasteiger partial charge in [0.2, 0.25) is 0 Å². The van der Waals surface area contributed by atoms with Crippen molar-refractivity contribution in [3.63, 3.8) is 0 Å². The van der Waals surface area contributed by atoms with Crippen molar-refractivity contribution in [1.82, 2.24) is 69.6 Å². The zero-order chi connectivity index (χ0) is 60.1. The van der Waals surface area contributed by atoms with Gasteiger partial charge in [0.25, 0.3) is 0 Å². The fraction of sp³-hybridized carbons (Fsp3) is 0.600. The van der Waals surface area contributed by atoms with Gasteiger partial charge in [0, 0.05) is 107 Å². The highest BCUT2D eigenvalue weighted by molar-refractivity contribution is 7.99. The Morgan fingerprint density at radius 2 is 0.819 bits per heavy atom. The second-order valence-corrected chi connectivity index (χ2v) is 23.7. The summed E-state index contributed by atoms with van der Waals surface area (Å²) in [6, 6.07) is 0. The topological polar surface area (TPSA) is 301 Å². The molecule has 0 spiro atoms. The summed E-state index contributed by atoms with van der Waals surface area (Å²) in [7, 11) is 2.07. The Labute approximate surface area is 493 Å². The molecule has 5 aliphatic rings. The number of likely N-dealkylation sites (tertiary alicyclic amines) is 1. The number of rotatable bonds is 10. The highest BCUT2D eigenvalue weighted by Gasteiger charge is 2.41. The molecule has 452 valence electrons. The van der Waals surface area contributed by atoms with Crippen LogP contribution in [0, 0.1) is 41.5 Å². The minimum atomic E-state index is -0.937. The number of hydrogen-bond acceptors (Lipinski definition) is 23. The van der Waals surface area contributed by atoms with E-state index in [1.54, 1.807) is 74.4 Å². The number of thioether (sulfide) groups is 1. The molecule has 0 radical (unpaired) electrons. The SMILES string of the molecule is CCC(O)(CC)c1ncc(C)cn1.Cc1cnc(C(O)CN2CCOCC2)nc1.Cc1cnc(C2(O)CCCC2)nc1.Cc1cnc(C2(O)CCN(C)CC2)nc1.Cc1cnc(C2(O)CCSCC2)nc1.Cc1cnc(C2(O)COC2)nc1. The van der Waals surface area contributed by atoms with Crippen molar-refractivity contribution in [1.29, 1.82) is 0 Å². The van der Waals surface area contributed by atoms with Gasteiger partial charge in [-0.2, -0.15) is 11.8 Å². The molecule has 11 rings (SSSR count). The van der Waals surface area contributed by atoms with Gasteiger partial charge in [-0.3, -0.25) is 4.90 Å². The van der Waals surface area contributed by atoms with Crippen LogP contribution in [0.1, 0.15) is 152 Å². The van der Waals surface area contributed by atoms with E-state index in [1.807, 2.05) is 67.2 Å². The molecule has 5 fully saturated rings. The summed E-state index contributed by atoms with van der Waals surface area (Å²) in [5.74, 6) is 5.22. The molecule has 1 unspecified atom stereocenters. The lowest BCUT2D eigenvalue weighted by molar-refractivity contribution is -0.189. The molecule has 83 heavy (non-hydrogen) atoms. The molecule has 1 saturated carbocycles. The molecule has 4 aliphatic heterocycles. The van der Waals surface area contributed by atoms with Gasteiger partial charge in [-0.15, -0.1) is 0 Å². The highest BCUT2D eigenvalue weighted by atomic mass is 32.2. The molecule has 1 aliphatic carbocycles. The molecule has 23 heteroatoms. The lowest BCUT2D eigenvalue weighted by Crippen LogP contribution is -2.47. The summed E-state index contributed by atoms with van der Waals surface area (Å²) in [4.78, 5) is 54.1. The number of hydrogen-bond donors (Lipinski definition) is 6. The van der Waals surface area contributed by atoms with Gasteiger partial charge in [-0.25, -0.2) is 59.8 Å². The molecule has 6 aromatic heterocycles. The Kier molecular flexibility index (Phi) is 25.3. The van der Waals surface area contributed by atoms with E-state index in [2.05, 4.69) is 76.7 Å². The van der Waals surface area contributed by atoms with E-state index in [1.165, 1.54) is 0 Å². The second kappa shape index (κ2) is 31.5. The smallest absolute Gasteiger partial charge is 0.170 e. The number of nitrogens with zero attached hydrogens (tertiary/aromatic N) is 14. The maximum atomic E-state index is 10.4. The predicted molar refractivity (Wildman–Crippen MR) is 315 cm³/mol. The summed E-state index contributed by atoms with van der Waals surface area (Å²) in [6.45, 7) is 21.7. The van der Waals surface area contributed by atoms with Crippen LogP contribution in [0.15, 0.2) is 74.4 Å². The van der Waals surface area contributed by atoms with Crippen LogP contribution in [-0.2, 0) is 37.5 Å². The van der Waals surface area contributed by atoms with Gasteiger partial charge in [0.1, 0.15) is 28.5 Å². The third-order valence-corrected chi connectivity index (χ3v) is 16.0. The average molecular weight is 1170 g/mol. The molecule has 6 N–H and O–H groups in total. The van der Waals surface area contributed by atoms with Gasteiger partial charge >= 0.3 is 0 Å². The number of β-amino-alcohol motifs (C(OH)–C–C–N with tert-alkyl or cyclic N) is 1. The van der Waals surface area contributed by atoms with Crippen molar-refractivity contribution in [2.45, 2.75) is 154 Å². The monoisotopic (exact) mass is 1160 g/mol. The van der Waals surface area contributed by atoms with Crippen molar-refractivity contribution in [3.8, 4) is 0 Å². The molecule has 22 nitrogen and oxygen atoms in total. The highest BCUT2D eigenvalue weighted by Crippen LogP contribution is 2.37. The van der Waals surface area contributed by atoms with E-state index in [-0.39, 0.29) is 0 Å². The van der Waals surface area contributed by atoms with Crippen LogP contribution in [0.25, 0.3) is 0 Å². The van der Waals surface area contributed by atoms with E-state index < -0.39 is 34.1 Å². The van der Waals surface area contributed by atoms with E-state index >= 15 is 0 Å². The number of aromatic nitrogens is 12. The fourth-order valence-electron chi connectivity index (χ4n) is 9.17. The Morgan fingerprint density at radius 1 is 0.482 bits per heavy atom. The molecule has 10 heterocycles. The van der Waals surface area contributed by atoms with Crippen molar-refractivity contribution >= 4 is 11.8 Å². The molecule has 0 amide bonds. The lowest BCUT2D eigenvalue weighted by atomic mass is 9.91. The number of morpholine rings is 1. The molecule has 4 saturated heterocycles. The van der Waals surface area contributed by atoms with Crippen molar-refractivity contribution < 1.29 is 40.1 Å². The lowest BCUT2D eigenvalue weighted by Gasteiger charge is -2.35. The molecular weight excluding hydrogens is 1080 g/mol. The van der Waals surface area contributed by atoms with E-state index in [0.717, 1.165) is 123 Å². The van der Waals surface area contributed by atoms with Gasteiger partial charge < -0.3 is 45.0 Å². The largest absolute Gasteiger partial charge is 0.384 e. The molecule has 1 atom stereocenters. The van der Waals surface area contributed by atoms with Crippen molar-refractivity contribution in [2.24, 2.45) is 0 Å². The van der Waals surface area contributed by atoms with Crippen LogP contribution < -0.4 is 0 Å². The Hall–Kier alpha value is -5.57. The summed E-state index contributed by atoms with van der Waals surface area (Å²) in [5, 5.41) is 60.6. The maximum Gasteiger partial charge on any atom is 0.170 e. The van der Waals surface area contributed by atoms with Gasteiger partial charge in [0.05, 0.1) is 26.4 Å². The summed E-state index contributed by atoms with van der Waals surface area (Å²) in [6.07, 6.45) is 28.3. The average Bonchev–Trinajstić information content (AvgIpc) is 3.96. The predicted octanol–water partition coefficient (Wildman–Crippen LogP) is 5.69. The Bertz CT molecular complexity index is 2750. The summed E-state index contributed by atoms with van der Waals surface area (Å²) >= 11 is 1.88. The quantitative estimate of drug-likeness (QED) is 0.0960. The van der Waals surface area contributed by atoms with Gasteiger partial charge in [0.15, 0.2) is 40.5 Å². The number of piperidine rings is 1. The minimum Gasteiger partial charge on any atom is -0.384 e. The van der Waals surface area contributed by atoms with Crippen LogP contribution in [0.2, 0.25) is 0 Å². The first-order valence-corrected chi connectivity index (χ1v) is 29.9. The number of aliphatic hydroxyl groups is 6. The first kappa shape index (κ1) is 66.6. The molecule has 0 aromatic carbocycles. The van der Waals surface area contributed by atoms with E-state index in [0.29, 0.717) is 80.4 Å². The van der Waals surface area contributed by atoms with Gasteiger partial charge in [-0.05, 0) is 158 Å². The number of ether oxygens (including phenoxy) is 2. The van der Waals surface area contributed by atoms with Crippen LogP contribution >= 0.6 is 11.8 Å². The third-order valence-electron chi connectivity index (χ3n) is 15.0. The molecule has 6 aromatic rings. The standard InChI is InChI=1S/C11H17N3O2.C11H17N3O.C10H14N2OS.C10H14N2O.C10H16N2O.C8H10N2O2/c1-9-6-12-11(13-7-9)10(15)8-14-2-4-16-5-3-14;1-9-7-12-10(13-8-9)11(15)3-5-14(2)6-4-11;1-8-6-11-9(12-7-8)10(13)2-4-14-5-3-10;1-8-6-11-9(12-7-8)10(13)4-2-3-5-10;1-4-10(13,5-2)9-11-6-8(3)7-12-9;1-6-2-9-7(10-3-6)8(11)4-12-5-8/h6-7,10,15H,2-5,8H2,1H3;7-8,15H,3-6H2,1-2H3;6-7,13H,2-5H2,1H3;6-7,13H,2-5H2,1H3;6-7,13H,4-5H2,1-3H3;2-3,11H,4-5H2,1H3. The van der Waals surface area contributed by atoms with Crippen molar-refractivity contribution in [3.05, 3.63) is 143 Å². The van der Waals surface area contributed by atoms with Crippen molar-refractivity contribution in [2.75, 3.05) is 77.7 Å². The molecule has 0 bridgehead atoms. The van der Waals surface area contributed by atoms with E-state index in [4.69, 9.17) is 9.47 Å². The summed E-state index contributed by atoms with van der Waals surface area (Å²) < 4.78 is 10.1. The zero-order valence-electron chi connectivity index (χ0n) is 50.0. The number of aliphatic hydroxyl groups excluding tert-OH is 1. The van der Waals surface area contributed by atoms with Crippen LogP contribution in [0.3, 0.4) is 0 Å². The third kappa shape index (κ3) is 20.0. The zero-order valence-corrected chi connectivity index (χ0v) is 50.8. The Morgan fingerprint density at radius 3 is 1.18 bits per heavy atom. The number of aryl methyl sites for hydroxylation is 6. The van der Waals surface area contributed by atoms with Crippen LogP contribution in [0.5, 0.6) is 0 Å². The van der Waals surface area contributed by atoms with Gasteiger partial charge in [-0.1, -0.05) is 13.8 Å². The maximum absolute atomic E-state index is 10.4.